The van der Waals surface area contributed by atoms with Gasteiger partial charge in [0, 0.05) is 12.6 Å². The van der Waals surface area contributed by atoms with Crippen LogP contribution in [0.4, 0.5) is 0 Å². The molecule has 2 heterocycles. The van der Waals surface area contributed by atoms with Gasteiger partial charge in [-0.25, -0.2) is 0 Å². The third-order valence-electron chi connectivity index (χ3n) is 4.57. The van der Waals surface area contributed by atoms with Crippen LogP contribution >= 0.6 is 0 Å². The first-order valence-corrected chi connectivity index (χ1v) is 7.50. The number of ketones is 1. The molecule has 0 radical (unpaired) electrons. The van der Waals surface area contributed by atoms with Crippen LogP contribution in [0.5, 0.6) is 5.75 Å². The van der Waals surface area contributed by atoms with E-state index in [1.165, 1.54) is 6.08 Å². The van der Waals surface area contributed by atoms with Crippen LogP contribution in [0.15, 0.2) is 54.3 Å². The molecule has 116 valence electrons. The van der Waals surface area contributed by atoms with Crippen LogP contribution < -0.4 is 10.1 Å². The second-order valence-corrected chi connectivity index (χ2v) is 5.84. The molecule has 23 heavy (non-hydrogen) atoms. The fraction of sp³-hybridized carbons (Fsp3) is 0.222. The van der Waals surface area contributed by atoms with Crippen LogP contribution in [-0.4, -0.2) is 41.8 Å². The quantitative estimate of drug-likeness (QED) is 0.675. The number of carbonyl (C=O) groups is 2. The monoisotopic (exact) mass is 308 g/mol. The van der Waals surface area contributed by atoms with Gasteiger partial charge in [0.05, 0.1) is 18.8 Å². The molecule has 1 amide bonds. The molecule has 1 aromatic rings. The lowest BCUT2D eigenvalue weighted by Crippen LogP contribution is -2.38. The number of methoxy groups -OCH3 is 1. The van der Waals surface area contributed by atoms with Crippen molar-refractivity contribution in [1.29, 1.82) is 0 Å². The summed E-state index contributed by atoms with van der Waals surface area (Å²) in [5.74, 6) is 0.665. The molecule has 1 aromatic carbocycles. The second kappa shape index (κ2) is 4.93. The van der Waals surface area contributed by atoms with Gasteiger partial charge in [0.2, 0.25) is 0 Å². The first-order chi connectivity index (χ1) is 11.1. The molecular weight excluding hydrogens is 292 g/mol. The highest BCUT2D eigenvalue weighted by Crippen LogP contribution is 2.46. The average Bonchev–Trinajstić information content (AvgIpc) is 3.19. The van der Waals surface area contributed by atoms with Crippen LogP contribution in [-0.2, 0) is 9.59 Å². The summed E-state index contributed by atoms with van der Waals surface area (Å²) >= 11 is 0. The van der Waals surface area contributed by atoms with Crippen molar-refractivity contribution >= 4 is 17.8 Å². The zero-order valence-corrected chi connectivity index (χ0v) is 12.7. The zero-order chi connectivity index (χ0) is 16.0. The number of nitrogens with one attached hydrogen (secondary N) is 1. The Labute approximate surface area is 133 Å². The van der Waals surface area contributed by atoms with E-state index >= 15 is 0 Å². The van der Waals surface area contributed by atoms with Crippen molar-refractivity contribution in [3.8, 4) is 5.75 Å². The maximum atomic E-state index is 12.5. The Bertz CT molecular complexity index is 793. The molecule has 0 aromatic heterocycles. The summed E-state index contributed by atoms with van der Waals surface area (Å²) in [5, 5.41) is 3.20. The van der Waals surface area contributed by atoms with E-state index < -0.39 is 5.54 Å². The highest BCUT2D eigenvalue weighted by Gasteiger charge is 2.68. The Hall–Kier alpha value is -2.66. The van der Waals surface area contributed by atoms with Crippen LogP contribution in [0.1, 0.15) is 5.56 Å². The molecule has 0 saturated carbocycles. The number of piperazine rings is 1. The Morgan fingerprint density at radius 1 is 1.48 bits per heavy atom. The van der Waals surface area contributed by atoms with Crippen LogP contribution in [0, 0.1) is 0 Å². The van der Waals surface area contributed by atoms with Crippen molar-refractivity contribution in [2.75, 3.05) is 13.7 Å². The minimum absolute atomic E-state index is 0.0343. The minimum atomic E-state index is -0.645. The molecule has 1 aliphatic carbocycles. The van der Waals surface area contributed by atoms with Crippen molar-refractivity contribution in [3.05, 3.63) is 59.8 Å². The molecular formula is C18H16N2O3. The standard InChI is InChI=1S/C18H16N2O3/c1-23-13-5-2-4-12(10-13)8-9-17(22)20-11-14-18(19-14)15(20)6-3-7-16(18)21/h2-10,14,19H,11H2,1H3/b9-8+/t14-,18?/m1/s1. The number of nitrogens with zero attached hydrogens (tertiary/aromatic N) is 1. The number of amides is 1. The highest BCUT2D eigenvalue weighted by molar-refractivity contribution is 6.08. The molecule has 1 N–H and O–H groups in total. The zero-order valence-electron chi connectivity index (χ0n) is 12.7. The normalized spacial score (nSPS) is 27.7. The van der Waals surface area contributed by atoms with E-state index in [0.717, 1.165) is 17.0 Å². The molecule has 2 saturated heterocycles. The lowest BCUT2D eigenvalue weighted by Gasteiger charge is -2.23. The smallest absolute Gasteiger partial charge is 0.250 e. The fourth-order valence-electron chi connectivity index (χ4n) is 3.32. The van der Waals surface area contributed by atoms with Gasteiger partial charge >= 0.3 is 0 Å². The predicted molar refractivity (Wildman–Crippen MR) is 85.6 cm³/mol. The molecule has 0 bridgehead atoms. The molecule has 4 rings (SSSR count). The summed E-state index contributed by atoms with van der Waals surface area (Å²) in [7, 11) is 1.61. The Balaban J connectivity index is 1.54. The third kappa shape index (κ3) is 2.04. The van der Waals surface area contributed by atoms with Gasteiger partial charge in [-0.3, -0.25) is 14.9 Å². The Morgan fingerprint density at radius 2 is 2.35 bits per heavy atom. The summed E-state index contributed by atoms with van der Waals surface area (Å²) in [6, 6.07) is 7.54. The van der Waals surface area contributed by atoms with E-state index in [1.54, 1.807) is 30.2 Å². The summed E-state index contributed by atoms with van der Waals surface area (Å²) in [5.41, 5.74) is 1.01. The van der Waals surface area contributed by atoms with E-state index in [2.05, 4.69) is 5.32 Å². The number of ether oxygens (including phenoxy) is 1. The first-order valence-electron chi connectivity index (χ1n) is 7.50. The molecule has 1 spiro atoms. The summed E-state index contributed by atoms with van der Waals surface area (Å²) in [6.45, 7) is 0.528. The van der Waals surface area contributed by atoms with Crippen molar-refractivity contribution < 1.29 is 14.3 Å². The number of hydrogen-bond acceptors (Lipinski definition) is 4. The van der Waals surface area contributed by atoms with E-state index in [-0.39, 0.29) is 17.7 Å². The maximum Gasteiger partial charge on any atom is 0.250 e. The fourth-order valence-corrected chi connectivity index (χ4v) is 3.32. The van der Waals surface area contributed by atoms with Crippen molar-refractivity contribution in [3.63, 3.8) is 0 Å². The van der Waals surface area contributed by atoms with Gasteiger partial charge in [-0.05, 0) is 35.9 Å². The van der Waals surface area contributed by atoms with Gasteiger partial charge in [-0.15, -0.1) is 0 Å². The molecule has 5 nitrogen and oxygen atoms in total. The van der Waals surface area contributed by atoms with Gasteiger partial charge in [0.15, 0.2) is 5.78 Å². The van der Waals surface area contributed by atoms with Gasteiger partial charge in [-0.2, -0.15) is 0 Å². The highest BCUT2D eigenvalue weighted by atomic mass is 16.5. The van der Waals surface area contributed by atoms with Crippen molar-refractivity contribution in [2.45, 2.75) is 11.6 Å². The molecule has 5 heteroatoms. The molecule has 2 atom stereocenters. The van der Waals surface area contributed by atoms with Gasteiger partial charge in [0.1, 0.15) is 11.3 Å². The van der Waals surface area contributed by atoms with Gasteiger partial charge in [0.25, 0.3) is 5.91 Å². The first kappa shape index (κ1) is 14.0. The van der Waals surface area contributed by atoms with Crippen LogP contribution in [0.2, 0.25) is 0 Å². The number of likely N-dealkylation sites (tertiary alicyclic amines) is 1. The van der Waals surface area contributed by atoms with Crippen LogP contribution in [0.25, 0.3) is 6.08 Å². The Kier molecular flexibility index (Phi) is 2.99. The second-order valence-electron chi connectivity index (χ2n) is 5.84. The third-order valence-corrected chi connectivity index (χ3v) is 4.57. The maximum absolute atomic E-state index is 12.5. The number of benzene rings is 1. The Morgan fingerprint density at radius 3 is 3.17 bits per heavy atom. The predicted octanol–water partition coefficient (Wildman–Crippen LogP) is 1.28. The number of rotatable bonds is 3. The molecule has 2 aliphatic heterocycles. The summed E-state index contributed by atoms with van der Waals surface area (Å²) < 4.78 is 5.17. The van der Waals surface area contributed by atoms with E-state index in [0.29, 0.717) is 6.54 Å². The molecule has 1 unspecified atom stereocenters. The van der Waals surface area contributed by atoms with Crippen molar-refractivity contribution in [2.24, 2.45) is 0 Å². The van der Waals surface area contributed by atoms with Gasteiger partial charge < -0.3 is 9.64 Å². The number of hydrogen-bond donors (Lipinski definition) is 1. The summed E-state index contributed by atoms with van der Waals surface area (Å²) in [4.78, 5) is 26.3. The number of carbonyl (C=O) groups excluding carboxylic acids is 2. The van der Waals surface area contributed by atoms with Crippen LogP contribution in [0.3, 0.4) is 0 Å². The van der Waals surface area contributed by atoms with E-state index in [9.17, 15) is 9.59 Å². The van der Waals surface area contributed by atoms with E-state index in [4.69, 9.17) is 4.74 Å². The minimum Gasteiger partial charge on any atom is -0.497 e. The largest absolute Gasteiger partial charge is 0.497 e. The molecule has 3 aliphatic rings. The van der Waals surface area contributed by atoms with Crippen molar-refractivity contribution in [1.82, 2.24) is 10.2 Å². The summed E-state index contributed by atoms with van der Waals surface area (Å²) in [6.07, 6.45) is 8.42. The SMILES string of the molecule is COc1cccc(/C=C/C(=O)N2C[C@H]3NC34C(=O)C=CC=C24)c1. The lowest BCUT2D eigenvalue weighted by molar-refractivity contribution is -0.124. The van der Waals surface area contributed by atoms with E-state index in [1.807, 2.05) is 30.3 Å². The number of allylic oxidation sites excluding steroid dienone is 2. The lowest BCUT2D eigenvalue weighted by atomic mass is 9.94. The molecule has 2 fully saturated rings. The topological polar surface area (TPSA) is 68.6 Å². The average molecular weight is 308 g/mol. The van der Waals surface area contributed by atoms with Gasteiger partial charge in [-0.1, -0.05) is 18.2 Å².